The molecule has 22 heteroatoms. The number of esters is 2. The summed E-state index contributed by atoms with van der Waals surface area (Å²) in [7, 11) is -15.3. The molecule has 550 valence electrons. The molecule has 19 nitrogen and oxygen atoms in total. The molecule has 8 aromatic rings. The number of phosphoric ester groups is 3. The molecule has 0 heterocycles. The minimum Gasteiger partial charge on any atom is -0.462 e. The summed E-state index contributed by atoms with van der Waals surface area (Å²) in [5, 5.41) is 0. The molecule has 0 N–H and O–H groups in total. The molecule has 8 atom stereocenters. The Hall–Kier alpha value is -7.09. The van der Waals surface area contributed by atoms with Crippen LogP contribution in [-0.2, 0) is 141 Å². The van der Waals surface area contributed by atoms with Crippen molar-refractivity contribution in [3.63, 3.8) is 0 Å². The SMILES string of the molecule is CCCCCCCC(=O)OC[C@H](COP(=O)(OCc1ccccc1)OC1[C@H](OCc2ccccc2)[C@H](OP(=O)(OCc2ccccc2)OCc2ccccc2)C(OCc2ccccc2)[C@H](OP(=O)(OCc2ccccc2)OCc2ccccc2)[C@H]1OCc1ccccc1)OC(=O)CCCCCCC. The van der Waals surface area contributed by atoms with Crippen LogP contribution in [0.25, 0.3) is 0 Å². The predicted octanol–water partition coefficient (Wildman–Crippen LogP) is 19.5. The summed E-state index contributed by atoms with van der Waals surface area (Å²) in [5.41, 5.74) is 4.92. The van der Waals surface area contributed by atoms with Crippen LogP contribution in [0.2, 0.25) is 0 Å². The van der Waals surface area contributed by atoms with Gasteiger partial charge in [-0.2, -0.15) is 0 Å². The van der Waals surface area contributed by atoms with E-state index in [1.165, 1.54) is 0 Å². The number of hydrogen-bond acceptors (Lipinski definition) is 19. The highest BCUT2D eigenvalue weighted by Gasteiger charge is 2.61. The number of unbranched alkanes of at least 4 members (excludes halogenated alkanes) is 8. The third-order valence-electron chi connectivity index (χ3n) is 16.8. The van der Waals surface area contributed by atoms with Gasteiger partial charge in [0.1, 0.15) is 43.2 Å². The van der Waals surface area contributed by atoms with E-state index in [1.54, 1.807) is 121 Å². The molecule has 1 fully saturated rings. The molecule has 103 heavy (non-hydrogen) atoms. The van der Waals surface area contributed by atoms with E-state index >= 15 is 13.7 Å². The topological polar surface area (TPSA) is 215 Å². The summed E-state index contributed by atoms with van der Waals surface area (Å²) in [6, 6.07) is 72.5. The lowest BCUT2D eigenvalue weighted by Gasteiger charge is -2.50. The molecular weight excluding hydrogens is 1370 g/mol. The summed E-state index contributed by atoms with van der Waals surface area (Å²) in [6.45, 7) is 0.839. The average Bonchev–Trinajstić information content (AvgIpc) is 0.746. The van der Waals surface area contributed by atoms with Crippen molar-refractivity contribution in [2.45, 2.75) is 186 Å². The van der Waals surface area contributed by atoms with E-state index in [4.69, 9.17) is 64.4 Å². The molecule has 1 aliphatic carbocycles. The third-order valence-corrected chi connectivity index (χ3v) is 21.0. The number of carbonyl (C=O) groups is 2. The van der Waals surface area contributed by atoms with Crippen molar-refractivity contribution in [1.29, 1.82) is 0 Å². The van der Waals surface area contributed by atoms with Crippen LogP contribution in [0.15, 0.2) is 243 Å². The Morgan fingerprint density at radius 1 is 0.291 bits per heavy atom. The monoisotopic (exact) mass is 1470 g/mol. The number of hydrogen-bond donors (Lipinski definition) is 0. The molecule has 0 amide bonds. The first-order valence-electron chi connectivity index (χ1n) is 35.6. The van der Waals surface area contributed by atoms with Gasteiger partial charge in [-0.05, 0) is 57.3 Å². The zero-order chi connectivity index (χ0) is 72.1. The second kappa shape index (κ2) is 44.0. The van der Waals surface area contributed by atoms with E-state index in [2.05, 4.69) is 13.8 Å². The van der Waals surface area contributed by atoms with E-state index < -0.39 is 91.3 Å². The van der Waals surface area contributed by atoms with Crippen LogP contribution in [0.5, 0.6) is 0 Å². The van der Waals surface area contributed by atoms with Gasteiger partial charge in [-0.3, -0.25) is 50.3 Å². The molecule has 0 bridgehead atoms. The smallest absolute Gasteiger partial charge is 0.462 e. The van der Waals surface area contributed by atoms with Gasteiger partial charge >= 0.3 is 35.4 Å². The zero-order valence-corrected chi connectivity index (χ0v) is 61.5. The molecule has 1 saturated carbocycles. The van der Waals surface area contributed by atoms with Crippen LogP contribution in [0.3, 0.4) is 0 Å². The normalized spacial score (nSPS) is 17.8. The van der Waals surface area contributed by atoms with Gasteiger partial charge in [0.25, 0.3) is 0 Å². The Morgan fingerprint density at radius 3 is 0.806 bits per heavy atom. The molecule has 0 aromatic heterocycles. The third kappa shape index (κ3) is 28.4. The summed E-state index contributed by atoms with van der Waals surface area (Å²) in [6.07, 6.45) is -3.04. The predicted molar refractivity (Wildman–Crippen MR) is 392 cm³/mol. The van der Waals surface area contributed by atoms with Crippen molar-refractivity contribution in [1.82, 2.24) is 0 Å². The maximum absolute atomic E-state index is 16.8. The molecule has 8 aromatic carbocycles. The van der Waals surface area contributed by atoms with E-state index in [0.717, 1.165) is 51.4 Å². The first kappa shape index (κ1) is 80.0. The van der Waals surface area contributed by atoms with Crippen molar-refractivity contribution < 1.29 is 87.7 Å². The lowest BCUT2D eigenvalue weighted by molar-refractivity contribution is -0.254. The molecule has 9 rings (SSSR count). The standard InChI is InChI=1S/C81H97O19P3/c1-3-5-7-9-35-53-74(82)87-63-73(97-75(83)54-36-10-8-6-4-2)64-96-103(86,95-62-72-51-33-18-34-52-72)100-81-77(89-56-66-39-21-12-22-40-66)79(98-101(84,91-58-68-43-25-14-26-44-68)92-59-69-45-27-15-28-46-69)76(88-55-65-37-19-11-20-38-65)80(78(81)90-57-67-41-23-13-24-42-67)99-102(85,93-60-70-47-29-16-30-48-70)94-61-71-49-31-17-32-50-71/h11-34,37-52,73,76-81H,3-10,35-36,53-64H2,1-2H3/t73-,76?,77-,78-,79-,80+,81?,103?/m1/s1. The van der Waals surface area contributed by atoms with Crippen LogP contribution in [0, 0.1) is 0 Å². The van der Waals surface area contributed by atoms with Crippen molar-refractivity contribution >= 4 is 35.4 Å². The fraction of sp³-hybridized carbons (Fsp3) is 0.383. The molecule has 3 unspecified atom stereocenters. The fourth-order valence-corrected chi connectivity index (χ4v) is 15.4. The van der Waals surface area contributed by atoms with Gasteiger partial charge in [0, 0.05) is 12.8 Å². The van der Waals surface area contributed by atoms with Crippen molar-refractivity contribution in [3.05, 3.63) is 287 Å². The van der Waals surface area contributed by atoms with Crippen LogP contribution in [-0.4, -0.2) is 67.9 Å². The Kier molecular flexibility index (Phi) is 34.2. The quantitative estimate of drug-likeness (QED) is 0.0197. The van der Waals surface area contributed by atoms with Gasteiger partial charge in [0.2, 0.25) is 0 Å². The number of ether oxygens (including phenoxy) is 5. The highest BCUT2D eigenvalue weighted by molar-refractivity contribution is 7.49. The van der Waals surface area contributed by atoms with Crippen LogP contribution in [0.4, 0.5) is 0 Å². The summed E-state index contributed by atoms with van der Waals surface area (Å²) >= 11 is 0. The molecule has 1 aliphatic rings. The maximum atomic E-state index is 16.8. The lowest BCUT2D eigenvalue weighted by atomic mass is 9.84. The summed E-state index contributed by atoms with van der Waals surface area (Å²) in [5.74, 6) is -1.12. The number of rotatable bonds is 48. The van der Waals surface area contributed by atoms with Gasteiger partial charge in [-0.1, -0.05) is 308 Å². The maximum Gasteiger partial charge on any atom is 0.475 e. The highest BCUT2D eigenvalue weighted by Crippen LogP contribution is 2.60. The molecule has 0 radical (unpaired) electrons. The van der Waals surface area contributed by atoms with E-state index in [0.29, 0.717) is 57.3 Å². The second-order valence-corrected chi connectivity index (χ2v) is 29.9. The van der Waals surface area contributed by atoms with Gasteiger partial charge < -0.3 is 23.7 Å². The molecular formula is C81H97O19P3. The van der Waals surface area contributed by atoms with Gasteiger partial charge in [-0.25, -0.2) is 13.7 Å². The first-order chi connectivity index (χ1) is 50.4. The Balaban J connectivity index is 1.23. The zero-order valence-electron chi connectivity index (χ0n) is 58.8. The van der Waals surface area contributed by atoms with Crippen molar-refractivity contribution in [3.8, 4) is 0 Å². The minimum absolute atomic E-state index is 0.0471. The van der Waals surface area contributed by atoms with E-state index in [1.807, 2.05) is 121 Å². The number of phosphoric acid groups is 3. The Bertz CT molecular complexity index is 3540. The fourth-order valence-electron chi connectivity index (χ4n) is 11.3. The molecule has 0 aliphatic heterocycles. The van der Waals surface area contributed by atoms with Crippen LogP contribution >= 0.6 is 23.5 Å². The number of benzene rings is 8. The Morgan fingerprint density at radius 2 is 0.534 bits per heavy atom. The van der Waals surface area contributed by atoms with Crippen molar-refractivity contribution in [2.24, 2.45) is 0 Å². The lowest BCUT2D eigenvalue weighted by Crippen LogP contribution is -2.67. The van der Waals surface area contributed by atoms with E-state index in [9.17, 15) is 9.59 Å². The van der Waals surface area contributed by atoms with Crippen LogP contribution < -0.4 is 0 Å². The van der Waals surface area contributed by atoms with Gasteiger partial charge in [0.05, 0.1) is 59.5 Å². The Labute approximate surface area is 606 Å². The second-order valence-electron chi connectivity index (χ2n) is 25.0. The molecule has 0 saturated heterocycles. The molecule has 0 spiro atoms. The van der Waals surface area contributed by atoms with Crippen LogP contribution in [0.1, 0.15) is 135 Å². The van der Waals surface area contributed by atoms with Gasteiger partial charge in [0.15, 0.2) is 6.10 Å². The average molecular weight is 1470 g/mol. The highest BCUT2D eigenvalue weighted by atomic mass is 31.2. The largest absolute Gasteiger partial charge is 0.475 e. The van der Waals surface area contributed by atoms with Gasteiger partial charge in [-0.15, -0.1) is 0 Å². The van der Waals surface area contributed by atoms with Crippen molar-refractivity contribution in [2.75, 3.05) is 13.2 Å². The summed E-state index contributed by atoms with van der Waals surface area (Å²) < 4.78 is 143. The minimum atomic E-state index is -5.28. The summed E-state index contributed by atoms with van der Waals surface area (Å²) in [4.78, 5) is 27.4. The number of carbonyl (C=O) groups excluding carboxylic acids is 2. The van der Waals surface area contributed by atoms with E-state index in [-0.39, 0.29) is 65.7 Å². The first-order valence-corrected chi connectivity index (χ1v) is 40.0.